The van der Waals surface area contributed by atoms with Crippen LogP contribution in [0, 0.1) is 0 Å². The molecule has 2 amide bonds. The van der Waals surface area contributed by atoms with Gasteiger partial charge in [0, 0.05) is 11.5 Å². The van der Waals surface area contributed by atoms with Gasteiger partial charge in [-0.2, -0.15) is 0 Å². The van der Waals surface area contributed by atoms with Crippen molar-refractivity contribution < 1.29 is 9.59 Å². The fourth-order valence-electron chi connectivity index (χ4n) is 2.59. The summed E-state index contributed by atoms with van der Waals surface area (Å²) in [5.74, 6) is -0.680. The second-order valence-corrected chi connectivity index (χ2v) is 6.80. The van der Waals surface area contributed by atoms with Crippen molar-refractivity contribution in [3.63, 3.8) is 0 Å². The lowest BCUT2D eigenvalue weighted by Gasteiger charge is -2.18. The number of halogens is 1. The van der Waals surface area contributed by atoms with Gasteiger partial charge in [0.1, 0.15) is 6.54 Å². The number of para-hydroxylation sites is 3. The van der Waals surface area contributed by atoms with E-state index < -0.39 is 0 Å². The van der Waals surface area contributed by atoms with Crippen molar-refractivity contribution in [2.24, 2.45) is 0 Å². The fraction of sp³-hybridized carbons (Fsp3) is 0.158. The topological polar surface area (TPSA) is 84.3 Å². The first-order valence-electron chi connectivity index (χ1n) is 8.18. The third-order valence-electron chi connectivity index (χ3n) is 4.00. The third kappa shape index (κ3) is 4.40. The molecule has 0 unspecified atom stereocenters. The first-order valence-corrected chi connectivity index (χ1v) is 8.98. The monoisotopic (exact) mass is 428 g/mol. The summed E-state index contributed by atoms with van der Waals surface area (Å²) in [6, 6.07) is 14.3. The first kappa shape index (κ1) is 18.8. The SMILES string of the molecule is CN(CC(=O)Nc1ccccc1Br)C(=O)Cn1c(=O)cnc2ccccc21. The normalized spacial score (nSPS) is 10.6. The number of hydrogen-bond acceptors (Lipinski definition) is 4. The Hall–Kier alpha value is -3.00. The molecule has 0 bridgehead atoms. The number of carbonyl (C=O) groups excluding carboxylic acids is 2. The molecule has 0 radical (unpaired) electrons. The van der Waals surface area contributed by atoms with Crippen molar-refractivity contribution in [2.75, 3.05) is 18.9 Å². The van der Waals surface area contributed by atoms with Gasteiger partial charge in [-0.15, -0.1) is 0 Å². The minimum atomic E-state index is -0.367. The van der Waals surface area contributed by atoms with E-state index in [-0.39, 0.29) is 30.5 Å². The van der Waals surface area contributed by atoms with Gasteiger partial charge in [-0.1, -0.05) is 24.3 Å². The van der Waals surface area contributed by atoms with E-state index in [9.17, 15) is 14.4 Å². The highest BCUT2D eigenvalue weighted by atomic mass is 79.9. The third-order valence-corrected chi connectivity index (χ3v) is 4.69. The number of anilines is 1. The standard InChI is InChI=1S/C19H17BrN4O3/c1-23(11-17(25)22-14-7-3-2-6-13(14)20)19(27)12-24-16-9-5-4-8-15(16)21-10-18(24)26/h2-10H,11-12H2,1H3,(H,22,25). The van der Waals surface area contributed by atoms with Crippen molar-refractivity contribution in [3.8, 4) is 0 Å². The molecule has 8 heteroatoms. The van der Waals surface area contributed by atoms with Gasteiger partial charge < -0.3 is 10.2 Å². The van der Waals surface area contributed by atoms with E-state index in [4.69, 9.17) is 0 Å². The van der Waals surface area contributed by atoms with Gasteiger partial charge >= 0.3 is 0 Å². The maximum Gasteiger partial charge on any atom is 0.269 e. The van der Waals surface area contributed by atoms with Crippen LogP contribution in [0.25, 0.3) is 11.0 Å². The number of hydrogen-bond donors (Lipinski definition) is 1. The number of fused-ring (bicyclic) bond motifs is 1. The molecule has 0 spiro atoms. The lowest BCUT2D eigenvalue weighted by atomic mass is 10.3. The number of carbonyl (C=O) groups is 2. The summed E-state index contributed by atoms with van der Waals surface area (Å²) in [4.78, 5) is 42.2. The Morgan fingerprint density at radius 1 is 1.15 bits per heavy atom. The van der Waals surface area contributed by atoms with Gasteiger partial charge in [0.15, 0.2) is 0 Å². The molecule has 0 aliphatic heterocycles. The maximum absolute atomic E-state index is 12.5. The summed E-state index contributed by atoms with van der Waals surface area (Å²) in [6.07, 6.45) is 1.19. The quantitative estimate of drug-likeness (QED) is 0.675. The van der Waals surface area contributed by atoms with Crippen molar-refractivity contribution >= 4 is 44.5 Å². The van der Waals surface area contributed by atoms with E-state index in [1.165, 1.54) is 22.7 Å². The van der Waals surface area contributed by atoms with Crippen LogP contribution in [-0.2, 0) is 16.1 Å². The Morgan fingerprint density at radius 3 is 2.63 bits per heavy atom. The van der Waals surface area contributed by atoms with Gasteiger partial charge in [-0.3, -0.25) is 19.0 Å². The average molecular weight is 429 g/mol. The van der Waals surface area contributed by atoms with Crippen LogP contribution in [0.15, 0.2) is 64.0 Å². The largest absolute Gasteiger partial charge is 0.335 e. The van der Waals surface area contributed by atoms with Gasteiger partial charge in [0.05, 0.1) is 29.5 Å². The van der Waals surface area contributed by atoms with E-state index in [0.717, 1.165) is 4.47 Å². The summed E-state index contributed by atoms with van der Waals surface area (Å²) in [7, 11) is 1.52. The molecule has 0 saturated heterocycles. The van der Waals surface area contributed by atoms with Gasteiger partial charge in [0.25, 0.3) is 5.56 Å². The van der Waals surface area contributed by atoms with Crippen LogP contribution < -0.4 is 10.9 Å². The molecule has 1 heterocycles. The summed E-state index contributed by atoms with van der Waals surface area (Å²) >= 11 is 3.36. The Kier molecular flexibility index (Phi) is 5.66. The van der Waals surface area contributed by atoms with Crippen LogP contribution in [0.2, 0.25) is 0 Å². The number of rotatable bonds is 5. The van der Waals surface area contributed by atoms with Crippen molar-refractivity contribution in [3.05, 3.63) is 69.6 Å². The zero-order chi connectivity index (χ0) is 19.4. The molecule has 7 nitrogen and oxygen atoms in total. The van der Waals surface area contributed by atoms with Crippen LogP contribution >= 0.6 is 15.9 Å². The van der Waals surface area contributed by atoms with Crippen LogP contribution in [0.1, 0.15) is 0 Å². The molecular formula is C19H17BrN4O3. The first-order chi connectivity index (χ1) is 13.0. The number of nitrogens with zero attached hydrogens (tertiary/aromatic N) is 3. The molecule has 0 atom stereocenters. The molecule has 2 aromatic carbocycles. The minimum absolute atomic E-state index is 0.127. The van der Waals surface area contributed by atoms with E-state index in [1.54, 1.807) is 30.3 Å². The zero-order valence-electron chi connectivity index (χ0n) is 14.6. The molecule has 0 fully saturated rings. The lowest BCUT2D eigenvalue weighted by Crippen LogP contribution is -2.38. The molecule has 138 valence electrons. The van der Waals surface area contributed by atoms with Crippen molar-refractivity contribution in [2.45, 2.75) is 6.54 Å². The molecule has 3 aromatic rings. The fourth-order valence-corrected chi connectivity index (χ4v) is 2.97. The molecule has 27 heavy (non-hydrogen) atoms. The van der Waals surface area contributed by atoms with Crippen LogP contribution in [-0.4, -0.2) is 39.9 Å². The Bertz CT molecular complexity index is 1060. The summed E-state index contributed by atoms with van der Waals surface area (Å²) in [5, 5.41) is 2.74. The molecule has 1 aromatic heterocycles. The van der Waals surface area contributed by atoms with Gasteiger partial charge in [0.2, 0.25) is 11.8 Å². The van der Waals surface area contributed by atoms with E-state index >= 15 is 0 Å². The van der Waals surface area contributed by atoms with Gasteiger partial charge in [-0.05, 0) is 40.2 Å². The summed E-state index contributed by atoms with van der Waals surface area (Å²) < 4.78 is 2.11. The number of amides is 2. The number of benzene rings is 2. The minimum Gasteiger partial charge on any atom is -0.335 e. The van der Waals surface area contributed by atoms with Crippen molar-refractivity contribution in [1.82, 2.24) is 14.5 Å². The highest BCUT2D eigenvalue weighted by Crippen LogP contribution is 2.21. The maximum atomic E-state index is 12.5. The molecule has 0 aliphatic rings. The zero-order valence-corrected chi connectivity index (χ0v) is 16.1. The second kappa shape index (κ2) is 8.13. The molecule has 0 saturated carbocycles. The summed E-state index contributed by atoms with van der Waals surface area (Å²) in [5.41, 5.74) is 1.46. The number of aromatic nitrogens is 2. The summed E-state index contributed by atoms with van der Waals surface area (Å²) in [6.45, 7) is -0.293. The smallest absolute Gasteiger partial charge is 0.269 e. The predicted octanol–water partition coefficient (Wildman–Crippen LogP) is 2.26. The van der Waals surface area contributed by atoms with Crippen molar-refractivity contribution in [1.29, 1.82) is 0 Å². The highest BCUT2D eigenvalue weighted by Gasteiger charge is 2.16. The molecular weight excluding hydrogens is 412 g/mol. The second-order valence-electron chi connectivity index (χ2n) is 5.95. The van der Waals surface area contributed by atoms with Gasteiger partial charge in [-0.25, -0.2) is 4.98 Å². The van der Waals surface area contributed by atoms with Crippen LogP contribution in [0.4, 0.5) is 5.69 Å². The van der Waals surface area contributed by atoms with E-state index in [1.807, 2.05) is 18.2 Å². The Labute approximate surface area is 163 Å². The van der Waals surface area contributed by atoms with Crippen LogP contribution in [0.5, 0.6) is 0 Å². The molecule has 1 N–H and O–H groups in total. The average Bonchev–Trinajstić information content (AvgIpc) is 2.65. The van der Waals surface area contributed by atoms with E-state index in [0.29, 0.717) is 16.7 Å². The number of likely N-dealkylation sites (N-methyl/N-ethyl adjacent to an activating group) is 1. The highest BCUT2D eigenvalue weighted by molar-refractivity contribution is 9.10. The van der Waals surface area contributed by atoms with E-state index in [2.05, 4.69) is 26.2 Å². The Morgan fingerprint density at radius 2 is 1.85 bits per heavy atom. The molecule has 0 aliphatic carbocycles. The lowest BCUT2D eigenvalue weighted by molar-refractivity contribution is -0.133. The predicted molar refractivity (Wildman–Crippen MR) is 106 cm³/mol. The molecule has 3 rings (SSSR count). The number of nitrogens with one attached hydrogen (secondary N) is 1. The Balaban J connectivity index is 1.70. The van der Waals surface area contributed by atoms with Crippen LogP contribution in [0.3, 0.4) is 0 Å².